The fourth-order valence-electron chi connectivity index (χ4n) is 4.13. The first-order valence-electron chi connectivity index (χ1n) is 9.28. The van der Waals surface area contributed by atoms with E-state index in [1.54, 1.807) is 13.0 Å². The Labute approximate surface area is 169 Å². The van der Waals surface area contributed by atoms with Crippen molar-refractivity contribution in [2.24, 2.45) is 0 Å². The van der Waals surface area contributed by atoms with Crippen molar-refractivity contribution < 1.29 is 29.0 Å². The molecule has 7 heteroatoms. The molecule has 2 heterocycles. The smallest absolute Gasteiger partial charge is 0.202 e. The quantitative estimate of drug-likeness (QED) is 0.398. The standard InChI is InChI=1S/C23H16O7/c1-3-15-23(2,30-15)16-8-14(26)17-10(9-24)7-12-19(22(17)29-16)21(28)18-11(20(12)27)5-4-6-13(18)25/h3-8,15,24-25H,1,9H2,2H3. The molecule has 1 fully saturated rings. The largest absolute Gasteiger partial charge is 0.507 e. The topological polar surface area (TPSA) is 117 Å². The van der Waals surface area contributed by atoms with E-state index in [-0.39, 0.29) is 56.4 Å². The van der Waals surface area contributed by atoms with Crippen LogP contribution in [0.5, 0.6) is 5.75 Å². The van der Waals surface area contributed by atoms with Crippen molar-refractivity contribution in [1.82, 2.24) is 0 Å². The zero-order valence-electron chi connectivity index (χ0n) is 15.9. The van der Waals surface area contributed by atoms with Gasteiger partial charge in [0.15, 0.2) is 22.4 Å². The lowest BCUT2D eigenvalue weighted by Gasteiger charge is -2.21. The first kappa shape index (κ1) is 18.5. The summed E-state index contributed by atoms with van der Waals surface area (Å²) < 4.78 is 11.6. The molecule has 2 aliphatic rings. The van der Waals surface area contributed by atoms with Gasteiger partial charge in [-0.25, -0.2) is 0 Å². The van der Waals surface area contributed by atoms with Crippen LogP contribution in [-0.2, 0) is 16.9 Å². The lowest BCUT2D eigenvalue weighted by molar-refractivity contribution is 0.0976. The Kier molecular flexibility index (Phi) is 3.68. The van der Waals surface area contributed by atoms with E-state index in [1.165, 1.54) is 30.3 Å². The van der Waals surface area contributed by atoms with E-state index < -0.39 is 29.2 Å². The number of aromatic hydroxyl groups is 1. The number of carbonyl (C=O) groups excluding carboxylic acids is 2. The third kappa shape index (κ3) is 2.24. The van der Waals surface area contributed by atoms with Crippen molar-refractivity contribution in [1.29, 1.82) is 0 Å². The number of carbonyl (C=O) groups is 2. The average molecular weight is 404 g/mol. The molecular formula is C23H16O7. The van der Waals surface area contributed by atoms with Crippen LogP contribution in [0, 0.1) is 0 Å². The van der Waals surface area contributed by atoms with E-state index in [0.29, 0.717) is 0 Å². The van der Waals surface area contributed by atoms with Crippen molar-refractivity contribution in [3.8, 4) is 5.75 Å². The van der Waals surface area contributed by atoms with Crippen LogP contribution in [0.3, 0.4) is 0 Å². The normalized spacial score (nSPS) is 22.0. The van der Waals surface area contributed by atoms with E-state index in [0.717, 1.165) is 0 Å². The van der Waals surface area contributed by atoms with Gasteiger partial charge < -0.3 is 19.4 Å². The second-order valence-corrected chi connectivity index (χ2v) is 7.53. The molecule has 2 unspecified atom stereocenters. The lowest BCUT2D eigenvalue weighted by atomic mass is 9.81. The van der Waals surface area contributed by atoms with Gasteiger partial charge in [0, 0.05) is 17.2 Å². The van der Waals surface area contributed by atoms with Crippen molar-refractivity contribution >= 4 is 22.5 Å². The number of aliphatic hydroxyl groups is 1. The van der Waals surface area contributed by atoms with E-state index >= 15 is 0 Å². The van der Waals surface area contributed by atoms with Crippen molar-refractivity contribution in [3.63, 3.8) is 0 Å². The Morgan fingerprint density at radius 3 is 2.57 bits per heavy atom. The average Bonchev–Trinajstić information content (AvgIpc) is 3.42. The number of benzene rings is 2. The van der Waals surface area contributed by atoms with Gasteiger partial charge in [-0.3, -0.25) is 14.4 Å². The van der Waals surface area contributed by atoms with Gasteiger partial charge in [0.2, 0.25) is 5.78 Å². The molecule has 2 N–H and O–H groups in total. The first-order chi connectivity index (χ1) is 14.3. The number of fused-ring (bicyclic) bond motifs is 4. The molecule has 0 bridgehead atoms. The van der Waals surface area contributed by atoms with E-state index in [4.69, 9.17) is 9.15 Å². The number of rotatable bonds is 3. The highest BCUT2D eigenvalue weighted by atomic mass is 16.6. The first-order valence-corrected chi connectivity index (χ1v) is 9.28. The Balaban J connectivity index is 1.89. The Morgan fingerprint density at radius 1 is 1.13 bits per heavy atom. The van der Waals surface area contributed by atoms with Crippen LogP contribution in [0.15, 0.2) is 52.2 Å². The van der Waals surface area contributed by atoms with Crippen molar-refractivity contribution in [3.05, 3.63) is 86.8 Å². The summed E-state index contributed by atoms with van der Waals surface area (Å²) in [4.78, 5) is 39.3. The number of aliphatic hydroxyl groups excluding tert-OH is 1. The Morgan fingerprint density at radius 2 is 1.90 bits per heavy atom. The lowest BCUT2D eigenvalue weighted by Crippen LogP contribution is -2.23. The minimum absolute atomic E-state index is 0.0112. The molecule has 0 amide bonds. The van der Waals surface area contributed by atoms with E-state index in [9.17, 15) is 24.6 Å². The van der Waals surface area contributed by atoms with Gasteiger partial charge in [0.1, 0.15) is 17.6 Å². The molecule has 2 aromatic carbocycles. The molecule has 7 nitrogen and oxygen atoms in total. The predicted octanol–water partition coefficient (Wildman–Crippen LogP) is 2.57. The molecule has 2 atom stereocenters. The highest BCUT2D eigenvalue weighted by molar-refractivity contribution is 6.32. The molecule has 3 aromatic rings. The zero-order chi connectivity index (χ0) is 21.4. The molecule has 0 radical (unpaired) electrons. The number of hydrogen-bond donors (Lipinski definition) is 2. The number of ether oxygens (including phenoxy) is 1. The molecule has 1 saturated heterocycles. The molecule has 0 saturated carbocycles. The second kappa shape index (κ2) is 5.98. The molecule has 1 aromatic heterocycles. The summed E-state index contributed by atoms with van der Waals surface area (Å²) in [5.41, 5.74) is -1.50. The van der Waals surface area contributed by atoms with Gasteiger partial charge in [0.05, 0.1) is 23.1 Å². The van der Waals surface area contributed by atoms with Crippen LogP contribution in [-0.4, -0.2) is 27.9 Å². The zero-order valence-corrected chi connectivity index (χ0v) is 15.9. The SMILES string of the molecule is C=CC1OC1(C)c1cc(=O)c2c(CO)cc3c(c2o1)C(=O)c1c(O)cccc1C3=O. The van der Waals surface area contributed by atoms with Gasteiger partial charge in [-0.1, -0.05) is 18.2 Å². The van der Waals surface area contributed by atoms with Crippen LogP contribution >= 0.6 is 0 Å². The van der Waals surface area contributed by atoms with Crippen molar-refractivity contribution in [2.75, 3.05) is 0 Å². The van der Waals surface area contributed by atoms with Crippen LogP contribution in [0.4, 0.5) is 0 Å². The van der Waals surface area contributed by atoms with Gasteiger partial charge in [-0.15, -0.1) is 6.58 Å². The molecule has 5 rings (SSSR count). The number of ketones is 2. The maximum Gasteiger partial charge on any atom is 0.202 e. The molecule has 150 valence electrons. The molecule has 30 heavy (non-hydrogen) atoms. The number of phenolic OH excluding ortho intramolecular Hbond substituents is 1. The highest BCUT2D eigenvalue weighted by Crippen LogP contribution is 2.47. The van der Waals surface area contributed by atoms with Crippen LogP contribution in [0.25, 0.3) is 11.0 Å². The number of epoxide rings is 1. The fourth-order valence-corrected chi connectivity index (χ4v) is 4.13. The summed E-state index contributed by atoms with van der Waals surface area (Å²) in [5.74, 6) is -1.28. The molecule has 1 aliphatic heterocycles. The second-order valence-electron chi connectivity index (χ2n) is 7.53. The van der Waals surface area contributed by atoms with Gasteiger partial charge in [-0.05, 0) is 24.6 Å². The third-order valence-electron chi connectivity index (χ3n) is 5.80. The van der Waals surface area contributed by atoms with E-state index in [2.05, 4.69) is 6.58 Å². The summed E-state index contributed by atoms with van der Waals surface area (Å²) in [5, 5.41) is 20.1. The van der Waals surface area contributed by atoms with E-state index in [1.807, 2.05) is 0 Å². The maximum atomic E-state index is 13.3. The summed E-state index contributed by atoms with van der Waals surface area (Å²) in [6.45, 7) is 4.88. The van der Waals surface area contributed by atoms with Crippen molar-refractivity contribution in [2.45, 2.75) is 25.2 Å². The summed E-state index contributed by atoms with van der Waals surface area (Å²) in [6.07, 6.45) is 1.21. The number of phenols is 1. The monoisotopic (exact) mass is 404 g/mol. The summed E-state index contributed by atoms with van der Waals surface area (Å²) in [7, 11) is 0. The minimum Gasteiger partial charge on any atom is -0.507 e. The van der Waals surface area contributed by atoms with Crippen LogP contribution < -0.4 is 5.43 Å². The molecular weight excluding hydrogens is 388 g/mol. The Bertz CT molecular complexity index is 1360. The maximum absolute atomic E-state index is 13.3. The van der Waals surface area contributed by atoms with Gasteiger partial charge in [-0.2, -0.15) is 0 Å². The predicted molar refractivity (Wildman–Crippen MR) is 106 cm³/mol. The molecule has 1 aliphatic carbocycles. The van der Waals surface area contributed by atoms with Crippen LogP contribution in [0.2, 0.25) is 0 Å². The summed E-state index contributed by atoms with van der Waals surface area (Å²) >= 11 is 0. The summed E-state index contributed by atoms with van der Waals surface area (Å²) in [6, 6.07) is 6.83. The van der Waals surface area contributed by atoms with Gasteiger partial charge >= 0.3 is 0 Å². The fraction of sp³-hybridized carbons (Fsp3) is 0.174. The highest BCUT2D eigenvalue weighted by Gasteiger charge is 2.54. The molecule has 0 spiro atoms. The number of hydrogen-bond acceptors (Lipinski definition) is 7. The minimum atomic E-state index is -0.918. The Hall–Kier alpha value is -3.55. The third-order valence-corrected chi connectivity index (χ3v) is 5.80. The van der Waals surface area contributed by atoms with Crippen LogP contribution in [0.1, 0.15) is 50.1 Å². The van der Waals surface area contributed by atoms with Gasteiger partial charge in [0.25, 0.3) is 0 Å².